The number of aliphatic imine (C=N–C) groups is 1. The van der Waals surface area contributed by atoms with Crippen molar-refractivity contribution in [3.8, 4) is 0 Å². The van der Waals surface area contributed by atoms with Gasteiger partial charge in [0.1, 0.15) is 0 Å². The quantitative estimate of drug-likeness (QED) is 0.150. The molecule has 0 aromatic heterocycles. The lowest BCUT2D eigenvalue weighted by Gasteiger charge is -2.32. The molecule has 32 heavy (non-hydrogen) atoms. The van der Waals surface area contributed by atoms with Crippen LogP contribution in [-0.2, 0) is 11.2 Å². The monoisotopic (exact) mass is 446 g/mol. The maximum atomic E-state index is 11.9. The van der Waals surface area contributed by atoms with Crippen LogP contribution in [0.15, 0.2) is 29.3 Å². The number of hydrogen-bond donors (Lipinski definition) is 3. The second-order valence-electron chi connectivity index (χ2n) is 8.19. The molecule has 1 aromatic carbocycles. The van der Waals surface area contributed by atoms with Gasteiger partial charge in [-0.1, -0.05) is 19.1 Å². The van der Waals surface area contributed by atoms with Crippen molar-refractivity contribution in [1.82, 2.24) is 20.9 Å². The van der Waals surface area contributed by atoms with E-state index >= 15 is 0 Å². The predicted molar refractivity (Wildman–Crippen MR) is 128 cm³/mol. The van der Waals surface area contributed by atoms with E-state index in [1.54, 1.807) is 12.1 Å². The van der Waals surface area contributed by atoms with Crippen LogP contribution in [-0.4, -0.2) is 67.0 Å². The Morgan fingerprint density at radius 2 is 1.88 bits per heavy atom. The number of nitrogens with zero attached hydrogens (tertiary/aromatic N) is 3. The van der Waals surface area contributed by atoms with Gasteiger partial charge in [0.15, 0.2) is 5.96 Å². The zero-order valence-corrected chi connectivity index (χ0v) is 19.4. The highest BCUT2D eigenvalue weighted by Gasteiger charge is 2.21. The molecule has 1 amide bonds. The van der Waals surface area contributed by atoms with Crippen LogP contribution in [0.1, 0.15) is 51.5 Å². The molecule has 0 spiro atoms. The Kier molecular flexibility index (Phi) is 11.5. The van der Waals surface area contributed by atoms with Gasteiger partial charge < -0.3 is 16.0 Å². The summed E-state index contributed by atoms with van der Waals surface area (Å²) in [6, 6.07) is 7.13. The predicted octanol–water partition coefficient (Wildman–Crippen LogP) is 2.46. The van der Waals surface area contributed by atoms with Crippen LogP contribution in [0.5, 0.6) is 0 Å². The molecule has 0 radical (unpaired) electrons. The SMILES string of the molecule is CCCNC(=O)CN1CCC(NC(=NCCCCc2ccc([N+](=O)[O-])cc2)NCC)CC1. The van der Waals surface area contributed by atoms with Crippen LogP contribution in [0, 0.1) is 10.1 Å². The fourth-order valence-electron chi connectivity index (χ4n) is 3.69. The van der Waals surface area contributed by atoms with Gasteiger partial charge in [0.25, 0.3) is 5.69 Å². The summed E-state index contributed by atoms with van der Waals surface area (Å²) in [5.41, 5.74) is 1.24. The molecule has 1 heterocycles. The van der Waals surface area contributed by atoms with Crippen molar-refractivity contribution in [2.75, 3.05) is 39.3 Å². The Morgan fingerprint density at radius 3 is 2.50 bits per heavy atom. The third-order valence-electron chi connectivity index (χ3n) is 5.50. The molecule has 0 atom stereocenters. The molecule has 3 N–H and O–H groups in total. The van der Waals surface area contributed by atoms with Crippen molar-refractivity contribution in [3.05, 3.63) is 39.9 Å². The first-order valence-corrected chi connectivity index (χ1v) is 11.8. The minimum atomic E-state index is -0.373. The summed E-state index contributed by atoms with van der Waals surface area (Å²) in [6.07, 6.45) is 5.78. The molecule has 0 bridgehead atoms. The highest BCUT2D eigenvalue weighted by molar-refractivity contribution is 5.80. The van der Waals surface area contributed by atoms with Gasteiger partial charge in [-0.25, -0.2) is 0 Å². The zero-order valence-electron chi connectivity index (χ0n) is 19.4. The van der Waals surface area contributed by atoms with E-state index in [4.69, 9.17) is 4.99 Å². The lowest BCUT2D eigenvalue weighted by Crippen LogP contribution is -2.50. The molecule has 9 nitrogen and oxygen atoms in total. The van der Waals surface area contributed by atoms with Crippen molar-refractivity contribution in [2.24, 2.45) is 4.99 Å². The van der Waals surface area contributed by atoms with E-state index in [2.05, 4.69) is 34.7 Å². The molecule has 1 saturated heterocycles. The van der Waals surface area contributed by atoms with Crippen molar-refractivity contribution in [1.29, 1.82) is 0 Å². The van der Waals surface area contributed by atoms with E-state index < -0.39 is 0 Å². The van der Waals surface area contributed by atoms with Gasteiger partial charge in [-0.15, -0.1) is 0 Å². The van der Waals surface area contributed by atoms with Gasteiger partial charge in [-0.3, -0.25) is 24.8 Å². The van der Waals surface area contributed by atoms with Crippen LogP contribution >= 0.6 is 0 Å². The fraction of sp³-hybridized carbons (Fsp3) is 0.652. The highest BCUT2D eigenvalue weighted by atomic mass is 16.6. The van der Waals surface area contributed by atoms with Gasteiger partial charge in [-0.05, 0) is 51.0 Å². The van der Waals surface area contributed by atoms with E-state index in [1.165, 1.54) is 0 Å². The normalized spacial score (nSPS) is 15.4. The van der Waals surface area contributed by atoms with Crippen LogP contribution < -0.4 is 16.0 Å². The fourth-order valence-corrected chi connectivity index (χ4v) is 3.69. The number of nitrogens with one attached hydrogen (secondary N) is 3. The molecule has 1 aliphatic rings. The van der Waals surface area contributed by atoms with E-state index in [0.717, 1.165) is 82.8 Å². The second-order valence-corrected chi connectivity index (χ2v) is 8.19. The third kappa shape index (κ3) is 9.64. The average Bonchev–Trinajstić information content (AvgIpc) is 2.79. The molecule has 1 aromatic rings. The molecular formula is C23H38N6O3. The number of carbonyl (C=O) groups is 1. The largest absolute Gasteiger partial charge is 0.357 e. The molecular weight excluding hydrogens is 408 g/mol. The summed E-state index contributed by atoms with van der Waals surface area (Å²) in [5, 5.41) is 20.5. The Hall–Kier alpha value is -2.68. The summed E-state index contributed by atoms with van der Waals surface area (Å²) in [7, 11) is 0. The van der Waals surface area contributed by atoms with Crippen LogP contribution in [0.25, 0.3) is 0 Å². The summed E-state index contributed by atoms with van der Waals surface area (Å²) in [4.78, 5) is 29.2. The van der Waals surface area contributed by atoms with Gasteiger partial charge in [0.05, 0.1) is 11.5 Å². The molecule has 0 saturated carbocycles. The summed E-state index contributed by atoms with van der Waals surface area (Å²) in [5.74, 6) is 0.962. The van der Waals surface area contributed by atoms with Crippen LogP contribution in [0.4, 0.5) is 5.69 Å². The smallest absolute Gasteiger partial charge is 0.269 e. The molecule has 2 rings (SSSR count). The molecule has 1 aliphatic heterocycles. The number of unbranched alkanes of at least 4 members (excludes halogenated alkanes) is 1. The number of piperidine rings is 1. The number of aryl methyl sites for hydroxylation is 1. The molecule has 1 fully saturated rings. The first-order chi connectivity index (χ1) is 15.5. The second kappa shape index (κ2) is 14.4. The Labute approximate surface area is 191 Å². The Morgan fingerprint density at radius 1 is 1.16 bits per heavy atom. The van der Waals surface area contributed by atoms with Crippen molar-refractivity contribution in [3.63, 3.8) is 0 Å². The Bertz CT molecular complexity index is 730. The number of hydrogen-bond acceptors (Lipinski definition) is 5. The first kappa shape index (κ1) is 25.6. The zero-order chi connectivity index (χ0) is 23.2. The summed E-state index contributed by atoms with van der Waals surface area (Å²) < 4.78 is 0. The topological polar surface area (TPSA) is 112 Å². The van der Waals surface area contributed by atoms with Crippen LogP contribution in [0.3, 0.4) is 0 Å². The number of guanidine groups is 1. The number of nitro groups is 1. The number of amides is 1. The minimum absolute atomic E-state index is 0.113. The Balaban J connectivity index is 1.68. The lowest BCUT2D eigenvalue weighted by atomic mass is 10.1. The maximum Gasteiger partial charge on any atom is 0.269 e. The minimum Gasteiger partial charge on any atom is -0.357 e. The van der Waals surface area contributed by atoms with Crippen molar-refractivity contribution >= 4 is 17.6 Å². The van der Waals surface area contributed by atoms with E-state index in [-0.39, 0.29) is 16.5 Å². The standard InChI is InChI=1S/C23H38N6O3/c1-3-14-25-22(30)18-28-16-12-20(13-17-28)27-23(24-4-2)26-15-6-5-7-19-8-10-21(11-9-19)29(31)32/h8-11,20H,3-7,12-18H2,1-2H3,(H,25,30)(H2,24,26,27). The molecule has 0 unspecified atom stereocenters. The molecule has 9 heteroatoms. The third-order valence-corrected chi connectivity index (χ3v) is 5.50. The van der Waals surface area contributed by atoms with Crippen LogP contribution in [0.2, 0.25) is 0 Å². The number of benzene rings is 1. The summed E-state index contributed by atoms with van der Waals surface area (Å²) >= 11 is 0. The van der Waals surface area contributed by atoms with Crippen molar-refractivity contribution in [2.45, 2.75) is 58.4 Å². The van der Waals surface area contributed by atoms with Gasteiger partial charge in [-0.2, -0.15) is 0 Å². The lowest BCUT2D eigenvalue weighted by molar-refractivity contribution is -0.384. The van der Waals surface area contributed by atoms with E-state index in [0.29, 0.717) is 12.6 Å². The summed E-state index contributed by atoms with van der Waals surface area (Å²) in [6.45, 7) is 8.70. The number of nitro benzene ring substituents is 1. The average molecular weight is 447 g/mol. The van der Waals surface area contributed by atoms with Gasteiger partial charge in [0, 0.05) is 50.9 Å². The highest BCUT2D eigenvalue weighted by Crippen LogP contribution is 2.14. The number of rotatable bonds is 12. The maximum absolute atomic E-state index is 11.9. The molecule has 0 aliphatic carbocycles. The van der Waals surface area contributed by atoms with Crippen molar-refractivity contribution < 1.29 is 9.72 Å². The molecule has 178 valence electrons. The van der Waals surface area contributed by atoms with Gasteiger partial charge in [0.2, 0.25) is 5.91 Å². The number of likely N-dealkylation sites (tertiary alicyclic amines) is 1. The number of carbonyl (C=O) groups excluding carboxylic acids is 1. The number of non-ortho nitro benzene ring substituents is 1. The van der Waals surface area contributed by atoms with Gasteiger partial charge >= 0.3 is 0 Å². The first-order valence-electron chi connectivity index (χ1n) is 11.8. The van der Waals surface area contributed by atoms with E-state index in [1.807, 2.05) is 12.1 Å². The van der Waals surface area contributed by atoms with E-state index in [9.17, 15) is 14.9 Å².